The van der Waals surface area contributed by atoms with Crippen LogP contribution >= 0.6 is 33.9 Å². The van der Waals surface area contributed by atoms with Crippen LogP contribution in [0, 0.1) is 8.80 Å². The van der Waals surface area contributed by atoms with E-state index in [1.165, 1.54) is 0 Å². The molecule has 2 aromatic rings. The van der Waals surface area contributed by atoms with Crippen LogP contribution in [-0.4, -0.2) is 31.3 Å². The lowest BCUT2D eigenvalue weighted by atomic mass is 10.0. The van der Waals surface area contributed by atoms with Gasteiger partial charge in [-0.3, -0.25) is 4.79 Å². The van der Waals surface area contributed by atoms with Crippen LogP contribution in [-0.2, 0) is 4.79 Å². The fourth-order valence-corrected chi connectivity index (χ4v) is 3.14. The highest BCUT2D eigenvalue weighted by Crippen LogP contribution is 2.29. The van der Waals surface area contributed by atoms with Crippen molar-refractivity contribution >= 4 is 39.9 Å². The number of aromatic nitrogens is 4. The van der Waals surface area contributed by atoms with Crippen molar-refractivity contribution in [1.82, 2.24) is 20.2 Å². The van der Waals surface area contributed by atoms with Crippen LogP contribution in [0.3, 0.4) is 0 Å². The summed E-state index contributed by atoms with van der Waals surface area (Å²) in [6.07, 6.45) is 0.0108. The molecule has 0 saturated carbocycles. The van der Waals surface area contributed by atoms with Gasteiger partial charge in [0.2, 0.25) is 0 Å². The minimum absolute atomic E-state index is 0.0108. The van der Waals surface area contributed by atoms with E-state index in [0.717, 1.165) is 8.45 Å². The van der Waals surface area contributed by atoms with E-state index in [9.17, 15) is 4.79 Å². The number of halogens is 1. The first-order chi connectivity index (χ1) is 8.99. The molecule has 102 valence electrons. The molecule has 0 radical (unpaired) electrons. The van der Waals surface area contributed by atoms with Gasteiger partial charge in [-0.2, -0.15) is 0 Å². The standard InChI is InChI=1S/C11H13IN4O2S/c1-6(2)8(4-10(17)18)16-11(13-14-15-16)7-3-9(12)19-5-7/h3,5-6,8H,4H2,1-2H3,(H,17,18). The van der Waals surface area contributed by atoms with Crippen molar-refractivity contribution in [3.05, 3.63) is 14.3 Å². The molecule has 6 nitrogen and oxygen atoms in total. The first kappa shape index (κ1) is 14.4. The number of carbonyl (C=O) groups is 1. The van der Waals surface area contributed by atoms with Crippen molar-refractivity contribution in [3.63, 3.8) is 0 Å². The molecule has 2 rings (SSSR count). The topological polar surface area (TPSA) is 80.9 Å². The number of carboxylic acids is 1. The highest BCUT2D eigenvalue weighted by Gasteiger charge is 2.24. The van der Waals surface area contributed by atoms with Crippen LogP contribution in [0.25, 0.3) is 11.4 Å². The molecule has 0 saturated heterocycles. The predicted molar refractivity (Wildman–Crippen MR) is 80.0 cm³/mol. The highest BCUT2D eigenvalue weighted by atomic mass is 127. The third-order valence-electron chi connectivity index (χ3n) is 2.79. The molecular weight excluding hydrogens is 379 g/mol. The smallest absolute Gasteiger partial charge is 0.305 e. The zero-order valence-corrected chi connectivity index (χ0v) is 13.4. The van der Waals surface area contributed by atoms with Gasteiger partial charge in [-0.05, 0) is 45.0 Å². The van der Waals surface area contributed by atoms with Crippen molar-refractivity contribution in [2.24, 2.45) is 5.92 Å². The molecular formula is C11H13IN4O2S. The zero-order valence-electron chi connectivity index (χ0n) is 10.4. The molecule has 1 unspecified atom stereocenters. The Labute approximate surface area is 128 Å². The maximum Gasteiger partial charge on any atom is 0.305 e. The number of rotatable bonds is 5. The Kier molecular flexibility index (Phi) is 4.50. The van der Waals surface area contributed by atoms with Crippen LogP contribution in [0.1, 0.15) is 26.3 Å². The molecule has 2 aromatic heterocycles. The van der Waals surface area contributed by atoms with Gasteiger partial charge < -0.3 is 5.11 Å². The molecule has 1 N–H and O–H groups in total. The van der Waals surface area contributed by atoms with Crippen LogP contribution in [0.5, 0.6) is 0 Å². The van der Waals surface area contributed by atoms with E-state index in [0.29, 0.717) is 5.82 Å². The van der Waals surface area contributed by atoms with E-state index in [4.69, 9.17) is 5.11 Å². The van der Waals surface area contributed by atoms with Crippen molar-refractivity contribution in [2.75, 3.05) is 0 Å². The SMILES string of the molecule is CC(C)C(CC(=O)O)n1nnnc1-c1csc(I)c1. The van der Waals surface area contributed by atoms with Gasteiger partial charge in [0.05, 0.1) is 15.3 Å². The number of tetrazole rings is 1. The van der Waals surface area contributed by atoms with Crippen LogP contribution < -0.4 is 0 Å². The maximum atomic E-state index is 11.0. The van der Waals surface area contributed by atoms with Gasteiger partial charge in [-0.1, -0.05) is 13.8 Å². The number of carboxylic acid groups (broad SMARTS) is 1. The molecule has 0 spiro atoms. The third-order valence-corrected chi connectivity index (χ3v) is 4.57. The summed E-state index contributed by atoms with van der Waals surface area (Å²) in [7, 11) is 0. The van der Waals surface area contributed by atoms with Gasteiger partial charge in [0.15, 0.2) is 5.82 Å². The summed E-state index contributed by atoms with van der Waals surface area (Å²) in [6.45, 7) is 3.94. The second-order valence-corrected chi connectivity index (χ2v) is 7.30. The summed E-state index contributed by atoms with van der Waals surface area (Å²) in [5, 5.41) is 22.7. The molecule has 0 aliphatic rings. The van der Waals surface area contributed by atoms with Gasteiger partial charge in [-0.25, -0.2) is 4.68 Å². The molecule has 0 fully saturated rings. The van der Waals surface area contributed by atoms with Crippen LogP contribution in [0.15, 0.2) is 11.4 Å². The first-order valence-electron chi connectivity index (χ1n) is 5.73. The normalized spacial score (nSPS) is 12.8. The summed E-state index contributed by atoms with van der Waals surface area (Å²) < 4.78 is 2.76. The van der Waals surface area contributed by atoms with Gasteiger partial charge in [0.1, 0.15) is 0 Å². The van der Waals surface area contributed by atoms with Crippen LogP contribution in [0.2, 0.25) is 0 Å². The Morgan fingerprint density at radius 2 is 2.32 bits per heavy atom. The average molecular weight is 392 g/mol. The number of hydrogen-bond acceptors (Lipinski definition) is 5. The largest absolute Gasteiger partial charge is 0.481 e. The third kappa shape index (κ3) is 3.30. The number of nitrogens with zero attached hydrogens (tertiary/aromatic N) is 4. The van der Waals surface area contributed by atoms with E-state index < -0.39 is 5.97 Å². The summed E-state index contributed by atoms with van der Waals surface area (Å²) >= 11 is 3.84. The summed E-state index contributed by atoms with van der Waals surface area (Å²) in [5.74, 6) is -0.0878. The van der Waals surface area contributed by atoms with Crippen LogP contribution in [0.4, 0.5) is 0 Å². The molecule has 1 atom stereocenters. The van der Waals surface area contributed by atoms with E-state index >= 15 is 0 Å². The second-order valence-electron chi connectivity index (χ2n) is 4.50. The van der Waals surface area contributed by atoms with E-state index in [1.807, 2.05) is 25.3 Å². The molecule has 2 heterocycles. The number of hydrogen-bond donors (Lipinski definition) is 1. The number of aliphatic carboxylic acids is 1. The Balaban J connectivity index is 2.39. The van der Waals surface area contributed by atoms with Gasteiger partial charge in [0, 0.05) is 10.9 Å². The van der Waals surface area contributed by atoms with E-state index in [1.54, 1.807) is 16.0 Å². The molecule has 8 heteroatoms. The molecule has 0 aliphatic heterocycles. The van der Waals surface area contributed by atoms with Gasteiger partial charge in [0.25, 0.3) is 0 Å². The minimum Gasteiger partial charge on any atom is -0.481 e. The summed E-state index contributed by atoms with van der Waals surface area (Å²) in [5.41, 5.74) is 0.926. The highest BCUT2D eigenvalue weighted by molar-refractivity contribution is 14.1. The second kappa shape index (κ2) is 5.95. The Bertz CT molecular complexity index is 581. The first-order valence-corrected chi connectivity index (χ1v) is 7.69. The lowest BCUT2D eigenvalue weighted by Crippen LogP contribution is -2.21. The van der Waals surface area contributed by atoms with E-state index in [-0.39, 0.29) is 18.4 Å². The zero-order chi connectivity index (χ0) is 14.0. The Morgan fingerprint density at radius 1 is 1.58 bits per heavy atom. The molecule has 19 heavy (non-hydrogen) atoms. The quantitative estimate of drug-likeness (QED) is 0.792. The molecule has 0 bridgehead atoms. The molecule has 0 aliphatic carbocycles. The van der Waals surface area contributed by atoms with Gasteiger partial charge in [-0.15, -0.1) is 16.4 Å². The van der Waals surface area contributed by atoms with Crippen molar-refractivity contribution < 1.29 is 9.90 Å². The van der Waals surface area contributed by atoms with E-state index in [2.05, 4.69) is 38.1 Å². The van der Waals surface area contributed by atoms with Crippen molar-refractivity contribution in [1.29, 1.82) is 0 Å². The maximum absolute atomic E-state index is 11.0. The predicted octanol–water partition coefficient (Wildman–Crippen LogP) is 2.68. The average Bonchev–Trinajstić information content (AvgIpc) is 2.93. The Hall–Kier alpha value is -1.03. The fraction of sp³-hybridized carbons (Fsp3) is 0.455. The fourth-order valence-electron chi connectivity index (χ4n) is 1.82. The molecule has 0 aromatic carbocycles. The van der Waals surface area contributed by atoms with Crippen molar-refractivity contribution in [3.8, 4) is 11.4 Å². The van der Waals surface area contributed by atoms with Crippen molar-refractivity contribution in [2.45, 2.75) is 26.3 Å². The minimum atomic E-state index is -0.847. The summed E-state index contributed by atoms with van der Waals surface area (Å²) in [4.78, 5) is 11.0. The summed E-state index contributed by atoms with van der Waals surface area (Å²) in [6, 6.07) is 1.74. The lowest BCUT2D eigenvalue weighted by Gasteiger charge is -2.19. The number of thiophene rings is 1. The monoisotopic (exact) mass is 392 g/mol. The Morgan fingerprint density at radius 3 is 2.84 bits per heavy atom. The van der Waals surface area contributed by atoms with Gasteiger partial charge >= 0.3 is 5.97 Å². The molecule has 0 amide bonds. The lowest BCUT2D eigenvalue weighted by molar-refractivity contribution is -0.138.